The van der Waals surface area contributed by atoms with Crippen LogP contribution in [0.15, 0.2) is 60.8 Å². The smallest absolute Gasteiger partial charge is 0.335 e. The second-order valence-corrected chi connectivity index (χ2v) is 12.4. The van der Waals surface area contributed by atoms with Crippen molar-refractivity contribution in [3.05, 3.63) is 88.6 Å². The van der Waals surface area contributed by atoms with Gasteiger partial charge in [-0.05, 0) is 107 Å². The van der Waals surface area contributed by atoms with Crippen LogP contribution in [0.3, 0.4) is 0 Å². The average molecular weight is 621 g/mol. The number of carbonyl (C=O) groups is 1. The number of para-hydroxylation sites is 1. The first-order valence-corrected chi connectivity index (χ1v) is 16.1. The highest BCUT2D eigenvalue weighted by Crippen LogP contribution is 2.46. The molecule has 0 radical (unpaired) electrons. The number of aromatic nitrogens is 2. The first-order valence-electron chi connectivity index (χ1n) is 16.1. The Labute approximate surface area is 272 Å². The molecule has 2 amide bonds. The lowest BCUT2D eigenvalue weighted by Gasteiger charge is -2.41. The maximum Gasteiger partial charge on any atom is 0.335 e. The van der Waals surface area contributed by atoms with Gasteiger partial charge in [0.1, 0.15) is 11.5 Å². The van der Waals surface area contributed by atoms with Crippen LogP contribution in [-0.2, 0) is 6.42 Å². The van der Waals surface area contributed by atoms with E-state index in [1.165, 1.54) is 24.0 Å². The van der Waals surface area contributed by atoms with Crippen molar-refractivity contribution in [2.45, 2.75) is 58.9 Å². The van der Waals surface area contributed by atoms with E-state index in [1.807, 2.05) is 62.2 Å². The van der Waals surface area contributed by atoms with Gasteiger partial charge in [0.25, 0.3) is 0 Å². The summed E-state index contributed by atoms with van der Waals surface area (Å²) in [6.45, 7) is 10.5. The van der Waals surface area contributed by atoms with Crippen LogP contribution in [0.5, 0.6) is 11.5 Å². The van der Waals surface area contributed by atoms with Crippen LogP contribution in [-0.4, -0.2) is 55.3 Å². The molecule has 1 aromatic heterocycles. The number of rotatable bonds is 8. The van der Waals surface area contributed by atoms with Crippen LogP contribution in [0.2, 0.25) is 0 Å². The number of aryl methyl sites for hydroxylation is 3. The van der Waals surface area contributed by atoms with E-state index < -0.39 is 0 Å². The fraction of sp³-hybridized carbons (Fsp3) is 0.378. The largest absolute Gasteiger partial charge is 0.497 e. The number of hydrogen-bond donors (Lipinski definition) is 1. The molecule has 6 rings (SSSR count). The first kappa shape index (κ1) is 31.4. The molecule has 1 fully saturated rings. The number of hydrogen-bond acceptors (Lipinski definition) is 7. The highest BCUT2D eigenvalue weighted by Gasteiger charge is 2.41. The van der Waals surface area contributed by atoms with Crippen LogP contribution in [0.25, 0.3) is 0 Å². The van der Waals surface area contributed by atoms with Gasteiger partial charge in [0.05, 0.1) is 31.6 Å². The molecule has 0 bridgehead atoms. The molecule has 1 atom stereocenters. The maximum atomic E-state index is 14.7. The monoisotopic (exact) mass is 620 g/mol. The highest BCUT2D eigenvalue weighted by atomic mass is 16.5. The summed E-state index contributed by atoms with van der Waals surface area (Å²) in [6, 6.07) is 17.7. The lowest BCUT2D eigenvalue weighted by Crippen LogP contribution is -2.48. The van der Waals surface area contributed by atoms with Crippen LogP contribution in [0, 0.1) is 13.8 Å². The summed E-state index contributed by atoms with van der Waals surface area (Å²) in [7, 11) is 5.39. The van der Waals surface area contributed by atoms with Gasteiger partial charge >= 0.3 is 6.03 Å². The molecule has 46 heavy (non-hydrogen) atoms. The van der Waals surface area contributed by atoms with E-state index in [4.69, 9.17) is 19.4 Å². The summed E-state index contributed by atoms with van der Waals surface area (Å²) in [6.07, 6.45) is 5.07. The molecule has 0 spiro atoms. The standard InChI is InChI=1S/C37H44N6O3/c1-8-26-20-28(27-16-18-41(5)19-17-27)12-14-31(26)39-36-38-22-30-25(4)42(34-23(2)10-9-11-24(34)3)37(44)43(35(30)40-36)32-15-13-29(45-6)21-33(32)46-7/h9-15,20-22,25,27H,8,16-19H2,1-7H3,(H,38,39,40). The maximum absolute atomic E-state index is 14.7. The molecule has 4 aromatic rings. The van der Waals surface area contributed by atoms with E-state index in [0.29, 0.717) is 34.9 Å². The van der Waals surface area contributed by atoms with Crippen LogP contribution < -0.4 is 24.6 Å². The predicted octanol–water partition coefficient (Wildman–Crippen LogP) is 8.07. The molecule has 1 saturated heterocycles. The molecular formula is C37H44N6O3. The third-order valence-electron chi connectivity index (χ3n) is 9.50. The van der Waals surface area contributed by atoms with Gasteiger partial charge in [-0.3, -0.25) is 4.90 Å². The van der Waals surface area contributed by atoms with E-state index in [1.54, 1.807) is 25.2 Å². The predicted molar refractivity (Wildman–Crippen MR) is 184 cm³/mol. The fourth-order valence-electron chi connectivity index (χ4n) is 6.83. The number of anilines is 5. The summed E-state index contributed by atoms with van der Waals surface area (Å²) in [5.74, 6) is 2.66. The van der Waals surface area contributed by atoms with Crippen LogP contribution in [0.4, 0.5) is 33.6 Å². The normalized spacial score (nSPS) is 17.2. The van der Waals surface area contributed by atoms with E-state index >= 15 is 0 Å². The lowest BCUT2D eigenvalue weighted by atomic mass is 9.88. The number of benzene rings is 3. The number of ether oxygens (including phenoxy) is 2. The first-order chi connectivity index (χ1) is 22.2. The lowest BCUT2D eigenvalue weighted by molar-refractivity contribution is 0.250. The fourth-order valence-corrected chi connectivity index (χ4v) is 6.83. The van der Waals surface area contributed by atoms with Gasteiger partial charge in [0.2, 0.25) is 5.95 Å². The number of fused-ring (bicyclic) bond motifs is 1. The summed E-state index contributed by atoms with van der Waals surface area (Å²) in [4.78, 5) is 30.4. The Kier molecular flexibility index (Phi) is 8.86. The van der Waals surface area contributed by atoms with Gasteiger partial charge in [0.15, 0.2) is 5.82 Å². The van der Waals surface area contributed by atoms with Crippen molar-refractivity contribution in [3.8, 4) is 11.5 Å². The summed E-state index contributed by atoms with van der Waals surface area (Å²) < 4.78 is 11.3. The number of nitrogens with one attached hydrogen (secondary N) is 1. The molecule has 1 N–H and O–H groups in total. The van der Waals surface area contributed by atoms with Gasteiger partial charge in [-0.25, -0.2) is 14.7 Å². The van der Waals surface area contributed by atoms with E-state index in [2.05, 4.69) is 42.4 Å². The molecule has 240 valence electrons. The molecule has 0 aliphatic carbocycles. The average Bonchev–Trinajstić information content (AvgIpc) is 3.06. The van der Waals surface area contributed by atoms with Crippen molar-refractivity contribution in [2.75, 3.05) is 49.5 Å². The van der Waals surface area contributed by atoms with Gasteiger partial charge in [0, 0.05) is 23.5 Å². The van der Waals surface area contributed by atoms with Crippen molar-refractivity contribution >= 4 is 34.9 Å². The molecule has 9 heteroatoms. The quantitative estimate of drug-likeness (QED) is 0.213. The highest BCUT2D eigenvalue weighted by molar-refractivity contribution is 6.12. The molecular weight excluding hydrogens is 576 g/mol. The number of piperidine rings is 1. The van der Waals surface area contributed by atoms with Crippen molar-refractivity contribution in [2.24, 2.45) is 0 Å². The molecule has 3 heterocycles. The Bertz CT molecular complexity index is 1730. The number of carbonyl (C=O) groups excluding carboxylic acids is 1. The van der Waals surface area contributed by atoms with E-state index in [9.17, 15) is 4.79 Å². The van der Waals surface area contributed by atoms with Gasteiger partial charge in [-0.2, -0.15) is 4.98 Å². The Morgan fingerprint density at radius 2 is 1.72 bits per heavy atom. The van der Waals surface area contributed by atoms with Gasteiger partial charge in [-0.15, -0.1) is 0 Å². The van der Waals surface area contributed by atoms with Crippen LogP contribution in [0.1, 0.15) is 66.5 Å². The number of urea groups is 1. The second kappa shape index (κ2) is 13.0. The molecule has 2 aliphatic rings. The van der Waals surface area contributed by atoms with Crippen molar-refractivity contribution in [1.82, 2.24) is 14.9 Å². The van der Waals surface area contributed by atoms with E-state index in [-0.39, 0.29) is 12.1 Å². The molecule has 1 unspecified atom stereocenters. The Morgan fingerprint density at radius 3 is 2.39 bits per heavy atom. The molecule has 3 aromatic carbocycles. The minimum Gasteiger partial charge on any atom is -0.497 e. The zero-order chi connectivity index (χ0) is 32.5. The van der Waals surface area contributed by atoms with Crippen molar-refractivity contribution in [1.29, 1.82) is 0 Å². The van der Waals surface area contributed by atoms with Crippen molar-refractivity contribution in [3.63, 3.8) is 0 Å². The van der Waals surface area contributed by atoms with Crippen molar-refractivity contribution < 1.29 is 14.3 Å². The third-order valence-corrected chi connectivity index (χ3v) is 9.50. The van der Waals surface area contributed by atoms with E-state index in [0.717, 1.165) is 47.6 Å². The molecule has 0 saturated carbocycles. The zero-order valence-corrected chi connectivity index (χ0v) is 27.9. The Morgan fingerprint density at radius 1 is 0.978 bits per heavy atom. The number of methoxy groups -OCH3 is 2. The number of likely N-dealkylation sites (tertiary alicyclic amines) is 1. The summed E-state index contributed by atoms with van der Waals surface area (Å²) in [5, 5.41) is 3.49. The van der Waals surface area contributed by atoms with Crippen LogP contribution >= 0.6 is 0 Å². The minimum absolute atomic E-state index is 0.220. The molecule has 9 nitrogen and oxygen atoms in total. The topological polar surface area (TPSA) is 83.1 Å². The SMILES string of the molecule is CCc1cc(C2CCN(C)CC2)ccc1Nc1ncc2c(n1)N(c1ccc(OC)cc1OC)C(=O)N(c1c(C)cccc1C)C2C. The third kappa shape index (κ3) is 5.75. The summed E-state index contributed by atoms with van der Waals surface area (Å²) >= 11 is 0. The Hall–Kier alpha value is -4.63. The zero-order valence-electron chi connectivity index (χ0n) is 27.9. The second-order valence-electron chi connectivity index (χ2n) is 12.4. The summed E-state index contributed by atoms with van der Waals surface area (Å²) in [5.41, 5.74) is 7.89. The molecule has 2 aliphatic heterocycles. The minimum atomic E-state index is -0.308. The Balaban J connectivity index is 1.43. The van der Waals surface area contributed by atoms with Gasteiger partial charge < -0.3 is 19.7 Å². The van der Waals surface area contributed by atoms with Gasteiger partial charge in [-0.1, -0.05) is 37.3 Å². The number of amides is 2. The number of nitrogens with zero attached hydrogens (tertiary/aromatic N) is 5.